The molecule has 0 saturated carbocycles. The maximum Gasteiger partial charge on any atom is 0.387 e. The Kier molecular flexibility index (Phi) is 5.06. The van der Waals surface area contributed by atoms with Crippen LogP contribution in [0.1, 0.15) is 23.2 Å². The molecule has 114 valence electrons. The summed E-state index contributed by atoms with van der Waals surface area (Å²) in [5.74, 6) is -0.0834. The molecule has 0 aromatic heterocycles. The number of carbonyl (C=O) groups is 1. The summed E-state index contributed by atoms with van der Waals surface area (Å²) in [6.07, 6.45) is 1.74. The molecule has 1 aliphatic heterocycles. The van der Waals surface area contributed by atoms with Crippen molar-refractivity contribution in [3.63, 3.8) is 0 Å². The number of amides is 1. The lowest BCUT2D eigenvalue weighted by Crippen LogP contribution is -2.43. The van der Waals surface area contributed by atoms with Gasteiger partial charge in [-0.25, -0.2) is 0 Å². The Morgan fingerprint density at radius 1 is 1.38 bits per heavy atom. The van der Waals surface area contributed by atoms with Gasteiger partial charge in [0.05, 0.1) is 4.99 Å². The molecular formula is C14H16F2N2O2S. The summed E-state index contributed by atoms with van der Waals surface area (Å²) in [5, 5.41) is 0. The van der Waals surface area contributed by atoms with Crippen molar-refractivity contribution in [1.29, 1.82) is 0 Å². The van der Waals surface area contributed by atoms with Gasteiger partial charge in [-0.2, -0.15) is 8.78 Å². The van der Waals surface area contributed by atoms with E-state index >= 15 is 0 Å². The number of rotatable bonds is 4. The number of likely N-dealkylation sites (tertiary alicyclic amines) is 1. The SMILES string of the molecule is NC(=S)C1CCCN(C(=O)c2ccc(OC(F)F)cc2)C1. The molecular weight excluding hydrogens is 298 g/mol. The number of hydrogen-bond donors (Lipinski definition) is 1. The highest BCUT2D eigenvalue weighted by Gasteiger charge is 2.25. The third-order valence-electron chi connectivity index (χ3n) is 3.44. The summed E-state index contributed by atoms with van der Waals surface area (Å²) in [6.45, 7) is -1.73. The number of nitrogens with two attached hydrogens (primary N) is 1. The Morgan fingerprint density at radius 3 is 2.62 bits per heavy atom. The van der Waals surface area contributed by atoms with E-state index in [2.05, 4.69) is 4.74 Å². The van der Waals surface area contributed by atoms with E-state index in [0.717, 1.165) is 12.8 Å². The molecule has 1 heterocycles. The lowest BCUT2D eigenvalue weighted by Gasteiger charge is -2.32. The summed E-state index contributed by atoms with van der Waals surface area (Å²) >= 11 is 4.98. The van der Waals surface area contributed by atoms with Crippen LogP contribution in [0.15, 0.2) is 24.3 Å². The average molecular weight is 314 g/mol. The van der Waals surface area contributed by atoms with E-state index < -0.39 is 6.61 Å². The third-order valence-corrected chi connectivity index (χ3v) is 3.77. The van der Waals surface area contributed by atoms with Crippen molar-refractivity contribution < 1.29 is 18.3 Å². The summed E-state index contributed by atoms with van der Waals surface area (Å²) in [7, 11) is 0. The Morgan fingerprint density at radius 2 is 2.05 bits per heavy atom. The van der Waals surface area contributed by atoms with Gasteiger partial charge < -0.3 is 15.4 Å². The monoisotopic (exact) mass is 314 g/mol. The van der Waals surface area contributed by atoms with Crippen LogP contribution < -0.4 is 10.5 Å². The lowest BCUT2D eigenvalue weighted by molar-refractivity contribution is -0.0498. The number of thiocarbonyl (C=S) groups is 1. The molecule has 1 atom stereocenters. The molecule has 4 nitrogen and oxygen atoms in total. The molecule has 2 rings (SSSR count). The second kappa shape index (κ2) is 6.80. The van der Waals surface area contributed by atoms with Crippen LogP contribution in [0, 0.1) is 5.92 Å². The number of benzene rings is 1. The predicted molar refractivity (Wildman–Crippen MR) is 78.5 cm³/mol. The van der Waals surface area contributed by atoms with Crippen molar-refractivity contribution >= 4 is 23.1 Å². The first-order chi connectivity index (χ1) is 9.97. The fraction of sp³-hybridized carbons (Fsp3) is 0.429. The van der Waals surface area contributed by atoms with Crippen LogP contribution in [0.5, 0.6) is 5.75 Å². The molecule has 2 N–H and O–H groups in total. The molecule has 0 aliphatic carbocycles. The zero-order valence-corrected chi connectivity index (χ0v) is 12.1. The van der Waals surface area contributed by atoms with Crippen LogP contribution in [0.4, 0.5) is 8.78 Å². The van der Waals surface area contributed by atoms with E-state index in [1.807, 2.05) is 0 Å². The largest absolute Gasteiger partial charge is 0.435 e. The first kappa shape index (κ1) is 15.6. The standard InChI is InChI=1S/C14H16F2N2O2S/c15-14(16)20-11-5-3-9(4-6-11)13(19)18-7-1-2-10(8-18)12(17)21/h3-6,10,14H,1-2,7-8H2,(H2,17,21). The predicted octanol–water partition coefficient (Wildman–Crippen LogP) is 2.43. The maximum absolute atomic E-state index is 12.4. The lowest BCUT2D eigenvalue weighted by atomic mass is 9.97. The Balaban J connectivity index is 2.03. The van der Waals surface area contributed by atoms with Crippen LogP contribution >= 0.6 is 12.2 Å². The van der Waals surface area contributed by atoms with Crippen molar-refractivity contribution in [2.45, 2.75) is 19.5 Å². The first-order valence-electron chi connectivity index (χ1n) is 6.61. The number of carbonyl (C=O) groups excluding carboxylic acids is 1. The third kappa shape index (κ3) is 4.10. The van der Waals surface area contributed by atoms with Crippen molar-refractivity contribution in [3.8, 4) is 5.75 Å². The van der Waals surface area contributed by atoms with E-state index in [1.54, 1.807) is 4.90 Å². The second-order valence-corrected chi connectivity index (χ2v) is 5.37. The van der Waals surface area contributed by atoms with Gasteiger partial charge in [0, 0.05) is 24.6 Å². The van der Waals surface area contributed by atoms with Gasteiger partial charge in [0.1, 0.15) is 5.75 Å². The van der Waals surface area contributed by atoms with E-state index in [-0.39, 0.29) is 17.6 Å². The number of hydrogen-bond acceptors (Lipinski definition) is 3. The fourth-order valence-corrected chi connectivity index (χ4v) is 2.55. The molecule has 0 spiro atoms. The summed E-state index contributed by atoms with van der Waals surface area (Å²) in [4.78, 5) is 14.5. The number of alkyl halides is 2. The van der Waals surface area contributed by atoms with Crippen LogP contribution in [0.2, 0.25) is 0 Å². The van der Waals surface area contributed by atoms with E-state index in [0.29, 0.717) is 23.6 Å². The molecule has 1 aromatic rings. The Bertz CT molecular complexity index is 522. The van der Waals surface area contributed by atoms with Crippen LogP contribution in [-0.4, -0.2) is 35.5 Å². The molecule has 1 fully saturated rings. The normalized spacial score (nSPS) is 18.6. The minimum Gasteiger partial charge on any atom is -0.435 e. The molecule has 1 aliphatic rings. The first-order valence-corrected chi connectivity index (χ1v) is 7.01. The van der Waals surface area contributed by atoms with Crippen molar-refractivity contribution in [2.75, 3.05) is 13.1 Å². The maximum atomic E-state index is 12.4. The Hall–Kier alpha value is -1.76. The van der Waals surface area contributed by atoms with Crippen LogP contribution in [-0.2, 0) is 0 Å². The minimum absolute atomic E-state index is 0.0289. The topological polar surface area (TPSA) is 55.6 Å². The minimum atomic E-state index is -2.88. The van der Waals surface area contributed by atoms with E-state index in [1.165, 1.54) is 24.3 Å². The Labute approximate surface area is 126 Å². The van der Waals surface area contributed by atoms with E-state index in [9.17, 15) is 13.6 Å². The van der Waals surface area contributed by atoms with Gasteiger partial charge in [-0.05, 0) is 37.1 Å². The smallest absolute Gasteiger partial charge is 0.387 e. The van der Waals surface area contributed by atoms with Gasteiger partial charge in [0.15, 0.2) is 0 Å². The van der Waals surface area contributed by atoms with Gasteiger partial charge in [-0.1, -0.05) is 12.2 Å². The molecule has 1 amide bonds. The zero-order chi connectivity index (χ0) is 15.4. The number of nitrogens with zero attached hydrogens (tertiary/aromatic N) is 1. The van der Waals surface area contributed by atoms with Gasteiger partial charge in [-0.15, -0.1) is 0 Å². The summed E-state index contributed by atoms with van der Waals surface area (Å²) in [5.41, 5.74) is 6.07. The molecule has 21 heavy (non-hydrogen) atoms. The van der Waals surface area contributed by atoms with Crippen molar-refractivity contribution in [1.82, 2.24) is 4.90 Å². The van der Waals surface area contributed by atoms with Crippen molar-refractivity contribution in [3.05, 3.63) is 29.8 Å². The number of ether oxygens (including phenoxy) is 1. The van der Waals surface area contributed by atoms with Crippen LogP contribution in [0.25, 0.3) is 0 Å². The van der Waals surface area contributed by atoms with Gasteiger partial charge in [0.25, 0.3) is 5.91 Å². The van der Waals surface area contributed by atoms with Crippen LogP contribution in [0.3, 0.4) is 0 Å². The number of piperidine rings is 1. The van der Waals surface area contributed by atoms with Crippen molar-refractivity contribution in [2.24, 2.45) is 11.7 Å². The molecule has 1 unspecified atom stereocenters. The molecule has 1 aromatic carbocycles. The quantitative estimate of drug-likeness (QED) is 0.867. The second-order valence-electron chi connectivity index (χ2n) is 4.90. The summed E-state index contributed by atoms with van der Waals surface area (Å²) in [6, 6.07) is 5.66. The highest BCUT2D eigenvalue weighted by atomic mass is 32.1. The molecule has 0 bridgehead atoms. The number of halogens is 2. The average Bonchev–Trinajstić information content (AvgIpc) is 2.47. The van der Waals surface area contributed by atoms with Gasteiger partial charge >= 0.3 is 6.61 Å². The molecule has 0 radical (unpaired) electrons. The van der Waals surface area contributed by atoms with Gasteiger partial charge in [-0.3, -0.25) is 4.79 Å². The summed E-state index contributed by atoms with van der Waals surface area (Å²) < 4.78 is 28.4. The molecule has 1 saturated heterocycles. The molecule has 7 heteroatoms. The van der Waals surface area contributed by atoms with E-state index in [4.69, 9.17) is 18.0 Å². The highest BCUT2D eigenvalue weighted by molar-refractivity contribution is 7.80. The fourth-order valence-electron chi connectivity index (χ4n) is 2.36. The zero-order valence-electron chi connectivity index (χ0n) is 11.3. The van der Waals surface area contributed by atoms with Gasteiger partial charge in [0.2, 0.25) is 0 Å². The highest BCUT2D eigenvalue weighted by Crippen LogP contribution is 2.20.